The van der Waals surface area contributed by atoms with Crippen LogP contribution in [0.1, 0.15) is 96.8 Å². The minimum absolute atomic E-state index is 0.981. The lowest BCUT2D eigenvalue weighted by Gasteiger charge is -2.31. The van der Waals surface area contributed by atoms with Crippen LogP contribution >= 0.6 is 11.8 Å². The third-order valence-corrected chi connectivity index (χ3v) is 10.2. The first-order valence-electron chi connectivity index (χ1n) is 10.7. The van der Waals surface area contributed by atoms with E-state index < -0.39 is 8.07 Å². The highest BCUT2D eigenvalue weighted by Crippen LogP contribution is 2.36. The fourth-order valence-electron chi connectivity index (χ4n) is 3.76. The highest BCUT2D eigenvalue weighted by atomic mass is 32.2. The number of rotatable bonds is 12. The average molecular weight is 367 g/mol. The Hall–Kier alpha value is 0.127. The second-order valence-corrected chi connectivity index (χ2v) is 13.9. The molecule has 1 aliphatic rings. The van der Waals surface area contributed by atoms with Gasteiger partial charge in [-0.15, -0.1) is 11.5 Å². The van der Waals surface area contributed by atoms with Crippen LogP contribution in [0.4, 0.5) is 0 Å². The molecule has 0 radical (unpaired) electrons. The molecule has 1 aliphatic carbocycles. The van der Waals surface area contributed by atoms with Gasteiger partial charge < -0.3 is 0 Å². The second kappa shape index (κ2) is 14.3. The van der Waals surface area contributed by atoms with Crippen molar-refractivity contribution < 1.29 is 0 Å². The highest BCUT2D eigenvalue weighted by Gasteiger charge is 2.31. The van der Waals surface area contributed by atoms with Crippen LogP contribution in [0.5, 0.6) is 0 Å². The summed E-state index contributed by atoms with van der Waals surface area (Å²) >= 11 is 2.13. The Bertz CT molecular complexity index is 347. The van der Waals surface area contributed by atoms with E-state index in [9.17, 15) is 0 Å². The molecule has 2 heteroatoms. The molecule has 0 aromatic rings. The maximum Gasteiger partial charge on any atom is 0.135 e. The van der Waals surface area contributed by atoms with Crippen LogP contribution in [0.3, 0.4) is 0 Å². The summed E-state index contributed by atoms with van der Waals surface area (Å²) in [5.41, 5.74) is 4.73. The summed E-state index contributed by atoms with van der Waals surface area (Å²) in [6.07, 6.45) is 19.7. The summed E-state index contributed by atoms with van der Waals surface area (Å²) < 4.78 is 0. The van der Waals surface area contributed by atoms with Crippen molar-refractivity contribution in [2.24, 2.45) is 0 Å². The summed E-state index contributed by atoms with van der Waals surface area (Å²) in [6.45, 7) is 7.29. The fourth-order valence-corrected chi connectivity index (χ4v) is 7.30. The highest BCUT2D eigenvalue weighted by molar-refractivity contribution is 7.99. The van der Waals surface area contributed by atoms with Crippen LogP contribution < -0.4 is 0 Å². The molecule has 1 fully saturated rings. The predicted octanol–water partition coefficient (Wildman–Crippen LogP) is 7.84. The van der Waals surface area contributed by atoms with E-state index in [4.69, 9.17) is 0 Å². The Labute approximate surface area is 158 Å². The number of unbranched alkanes of at least 4 members (excludes halogenated alkanes) is 7. The van der Waals surface area contributed by atoms with Crippen LogP contribution in [0, 0.1) is 11.5 Å². The van der Waals surface area contributed by atoms with Gasteiger partial charge in [-0.3, -0.25) is 0 Å². The Morgan fingerprint density at radius 2 is 1.46 bits per heavy atom. The Morgan fingerprint density at radius 3 is 2.12 bits per heavy atom. The molecule has 0 unspecified atom stereocenters. The van der Waals surface area contributed by atoms with E-state index in [0.29, 0.717) is 0 Å². The maximum absolute atomic E-state index is 3.75. The predicted molar refractivity (Wildman–Crippen MR) is 117 cm³/mol. The first-order valence-corrected chi connectivity index (χ1v) is 15.0. The molecule has 0 N–H and O–H groups in total. The smallest absolute Gasteiger partial charge is 0.135 e. The average Bonchev–Trinajstić information content (AvgIpc) is 2.60. The van der Waals surface area contributed by atoms with Crippen molar-refractivity contribution in [1.82, 2.24) is 0 Å². The van der Waals surface area contributed by atoms with E-state index >= 15 is 0 Å². The molecule has 0 bridgehead atoms. The van der Waals surface area contributed by atoms with Crippen molar-refractivity contribution in [3.05, 3.63) is 0 Å². The molecule has 0 spiro atoms. The fraction of sp³-hybridized carbons (Fsp3) is 0.909. The molecule has 24 heavy (non-hydrogen) atoms. The van der Waals surface area contributed by atoms with Crippen LogP contribution in [-0.2, 0) is 0 Å². The largest absolute Gasteiger partial charge is 0.162 e. The zero-order valence-corrected chi connectivity index (χ0v) is 18.6. The Balaban J connectivity index is 1.94. The molecule has 0 aromatic carbocycles. The molecule has 0 atom stereocenters. The van der Waals surface area contributed by atoms with E-state index in [2.05, 4.69) is 43.2 Å². The topological polar surface area (TPSA) is 0 Å². The van der Waals surface area contributed by atoms with Crippen molar-refractivity contribution in [3.8, 4) is 11.5 Å². The second-order valence-electron chi connectivity index (χ2n) is 8.20. The first-order chi connectivity index (χ1) is 11.7. The maximum atomic E-state index is 3.75. The first kappa shape index (κ1) is 22.2. The number of hydrogen-bond donors (Lipinski definition) is 0. The molecule has 0 nitrogen and oxygen atoms in total. The molecular weight excluding hydrogens is 324 g/mol. The lowest BCUT2D eigenvalue weighted by Crippen LogP contribution is -2.32. The van der Waals surface area contributed by atoms with Gasteiger partial charge in [0.15, 0.2) is 0 Å². The van der Waals surface area contributed by atoms with Crippen molar-refractivity contribution in [2.75, 3.05) is 11.5 Å². The molecule has 1 saturated carbocycles. The minimum atomic E-state index is -1.27. The third kappa shape index (κ3) is 10.9. The number of thioether (sulfide) groups is 1. The zero-order valence-electron chi connectivity index (χ0n) is 16.8. The van der Waals surface area contributed by atoms with Crippen LogP contribution in [0.2, 0.25) is 18.6 Å². The van der Waals surface area contributed by atoms with Crippen LogP contribution in [0.15, 0.2) is 0 Å². The lowest BCUT2D eigenvalue weighted by atomic mass is 10.0. The molecule has 1 rings (SSSR count). The van der Waals surface area contributed by atoms with Gasteiger partial charge in [-0.05, 0) is 36.3 Å². The lowest BCUT2D eigenvalue weighted by molar-refractivity contribution is 0.494. The quantitative estimate of drug-likeness (QED) is 0.192. The van der Waals surface area contributed by atoms with Crippen molar-refractivity contribution in [1.29, 1.82) is 0 Å². The standard InChI is InChI=1S/C22H42SSi/c1-4-19-23-20-15-10-8-6-5-7-9-11-16-21-24(2,3)22-17-13-12-14-18-22/h22H,4-15,17-20H2,1-3H3. The van der Waals surface area contributed by atoms with Gasteiger partial charge in [-0.25, -0.2) is 0 Å². The van der Waals surface area contributed by atoms with Gasteiger partial charge in [-0.1, -0.05) is 84.2 Å². The summed E-state index contributed by atoms with van der Waals surface area (Å²) in [5.74, 6) is 6.29. The van der Waals surface area contributed by atoms with Crippen molar-refractivity contribution in [3.63, 3.8) is 0 Å². The molecule has 0 heterocycles. The molecule has 0 aliphatic heterocycles. The monoisotopic (exact) mass is 366 g/mol. The van der Waals surface area contributed by atoms with Gasteiger partial charge in [-0.2, -0.15) is 11.8 Å². The van der Waals surface area contributed by atoms with E-state index in [1.165, 1.54) is 95.0 Å². The van der Waals surface area contributed by atoms with E-state index in [1.54, 1.807) is 0 Å². The molecule has 0 saturated heterocycles. The van der Waals surface area contributed by atoms with Crippen LogP contribution in [0.25, 0.3) is 0 Å². The van der Waals surface area contributed by atoms with Crippen molar-refractivity contribution >= 4 is 19.8 Å². The zero-order chi connectivity index (χ0) is 17.5. The van der Waals surface area contributed by atoms with Gasteiger partial charge in [0.25, 0.3) is 0 Å². The van der Waals surface area contributed by atoms with E-state index in [-0.39, 0.29) is 0 Å². The minimum Gasteiger partial charge on any atom is -0.162 e. The summed E-state index contributed by atoms with van der Waals surface area (Å²) in [4.78, 5) is 0. The van der Waals surface area contributed by atoms with Crippen LogP contribution in [-0.4, -0.2) is 19.6 Å². The van der Waals surface area contributed by atoms with Gasteiger partial charge in [0.1, 0.15) is 8.07 Å². The third-order valence-electron chi connectivity index (χ3n) is 5.48. The summed E-state index contributed by atoms with van der Waals surface area (Å²) in [6, 6.07) is 0. The van der Waals surface area contributed by atoms with Gasteiger partial charge >= 0.3 is 0 Å². The van der Waals surface area contributed by atoms with E-state index in [1.807, 2.05) is 0 Å². The summed E-state index contributed by atoms with van der Waals surface area (Å²) in [5, 5.41) is 0. The molecular formula is C22H42SSi. The van der Waals surface area contributed by atoms with Crippen molar-refractivity contribution in [2.45, 2.75) is 115 Å². The normalized spacial score (nSPS) is 16.0. The van der Waals surface area contributed by atoms with E-state index in [0.717, 1.165) is 12.0 Å². The molecule has 0 aromatic heterocycles. The van der Waals surface area contributed by atoms with Gasteiger partial charge in [0.2, 0.25) is 0 Å². The molecule has 0 amide bonds. The Morgan fingerprint density at radius 1 is 0.833 bits per heavy atom. The summed E-state index contributed by atoms with van der Waals surface area (Å²) in [7, 11) is -1.27. The van der Waals surface area contributed by atoms with Gasteiger partial charge in [0.05, 0.1) is 0 Å². The SMILES string of the molecule is CCCSCCCCCCCCCC#C[Si](C)(C)C1CCCCC1. The Kier molecular flexibility index (Phi) is 13.2. The van der Waals surface area contributed by atoms with Gasteiger partial charge in [0, 0.05) is 6.42 Å². The molecule has 140 valence electrons. The number of hydrogen-bond acceptors (Lipinski definition) is 1.